The first kappa shape index (κ1) is 27.6. The van der Waals surface area contributed by atoms with Crippen LogP contribution in [0.4, 0.5) is 0 Å². The van der Waals surface area contributed by atoms with Crippen LogP contribution < -0.4 is 0 Å². The molecule has 0 saturated heterocycles. The Morgan fingerprint density at radius 1 is 0.667 bits per heavy atom. The monoisotopic (exact) mass is 482 g/mol. The molecule has 3 aromatic rings. The normalized spacial score (nSPS) is 12.9. The van der Waals surface area contributed by atoms with Crippen LogP contribution in [0, 0.1) is 0 Å². The topological polar surface area (TPSA) is 29.5 Å². The number of aliphatic hydroxyl groups excluding tert-OH is 1. The SMILES string of the molecule is CCCCCCC=CC(O)CCCC=CCOC(c1ccccc1)(c1ccccc1)c1ccccc1. The van der Waals surface area contributed by atoms with Gasteiger partial charge in [-0.1, -0.05) is 141 Å². The van der Waals surface area contributed by atoms with Crippen LogP contribution in [0.5, 0.6) is 0 Å². The Balaban J connectivity index is 1.60. The molecule has 2 heteroatoms. The smallest absolute Gasteiger partial charge is 0.144 e. The molecule has 0 saturated carbocycles. The number of benzene rings is 3. The number of aliphatic hydroxyl groups is 1. The van der Waals surface area contributed by atoms with Crippen molar-refractivity contribution in [3.63, 3.8) is 0 Å². The highest BCUT2D eigenvalue weighted by molar-refractivity contribution is 5.47. The number of allylic oxidation sites excluding steroid dienone is 2. The molecule has 36 heavy (non-hydrogen) atoms. The van der Waals surface area contributed by atoms with E-state index in [-0.39, 0.29) is 6.10 Å². The van der Waals surface area contributed by atoms with E-state index in [2.05, 4.69) is 97.9 Å². The Kier molecular flexibility index (Phi) is 12.2. The van der Waals surface area contributed by atoms with Gasteiger partial charge in [-0.2, -0.15) is 0 Å². The minimum atomic E-state index is -0.688. The number of ether oxygens (including phenoxy) is 1. The largest absolute Gasteiger partial charge is 0.389 e. The zero-order valence-electron chi connectivity index (χ0n) is 21.8. The van der Waals surface area contributed by atoms with Crippen molar-refractivity contribution in [2.24, 2.45) is 0 Å². The molecule has 0 aliphatic rings. The van der Waals surface area contributed by atoms with E-state index in [0.29, 0.717) is 6.61 Å². The van der Waals surface area contributed by atoms with E-state index < -0.39 is 5.60 Å². The van der Waals surface area contributed by atoms with E-state index in [1.54, 1.807) is 0 Å². The summed E-state index contributed by atoms with van der Waals surface area (Å²) in [6.07, 6.45) is 16.9. The van der Waals surface area contributed by atoms with Gasteiger partial charge in [0.05, 0.1) is 12.7 Å². The molecule has 0 aliphatic heterocycles. The molecule has 2 nitrogen and oxygen atoms in total. The third kappa shape index (κ3) is 8.33. The zero-order valence-corrected chi connectivity index (χ0v) is 21.8. The van der Waals surface area contributed by atoms with Gasteiger partial charge < -0.3 is 9.84 Å². The molecule has 3 aromatic carbocycles. The van der Waals surface area contributed by atoms with E-state index in [0.717, 1.165) is 42.4 Å². The third-order valence-electron chi connectivity index (χ3n) is 6.56. The van der Waals surface area contributed by atoms with Crippen LogP contribution in [-0.4, -0.2) is 17.8 Å². The van der Waals surface area contributed by atoms with Crippen molar-refractivity contribution in [1.82, 2.24) is 0 Å². The lowest BCUT2D eigenvalue weighted by Crippen LogP contribution is -2.33. The van der Waals surface area contributed by atoms with Crippen molar-refractivity contribution in [1.29, 1.82) is 0 Å². The fraction of sp³-hybridized carbons (Fsp3) is 0.353. The Morgan fingerprint density at radius 3 is 1.72 bits per heavy atom. The first-order chi connectivity index (χ1) is 17.8. The molecule has 0 aromatic heterocycles. The molecular weight excluding hydrogens is 440 g/mol. The Morgan fingerprint density at radius 2 is 1.19 bits per heavy atom. The van der Waals surface area contributed by atoms with Gasteiger partial charge >= 0.3 is 0 Å². The van der Waals surface area contributed by atoms with Gasteiger partial charge in [0.25, 0.3) is 0 Å². The van der Waals surface area contributed by atoms with Crippen molar-refractivity contribution < 1.29 is 9.84 Å². The molecule has 0 amide bonds. The van der Waals surface area contributed by atoms with Gasteiger partial charge in [0, 0.05) is 0 Å². The number of unbranched alkanes of at least 4 members (excludes halogenated alkanes) is 5. The Bertz CT molecular complexity index is 912. The second-order valence-corrected chi connectivity index (χ2v) is 9.34. The molecule has 0 bridgehead atoms. The van der Waals surface area contributed by atoms with Gasteiger partial charge in [0.1, 0.15) is 5.60 Å². The minimum absolute atomic E-state index is 0.345. The lowest BCUT2D eigenvalue weighted by atomic mass is 9.80. The van der Waals surface area contributed by atoms with Crippen LogP contribution in [0.25, 0.3) is 0 Å². The highest BCUT2D eigenvalue weighted by Gasteiger charge is 2.37. The lowest BCUT2D eigenvalue weighted by molar-refractivity contribution is 0.0319. The molecule has 0 heterocycles. The van der Waals surface area contributed by atoms with Gasteiger partial charge in [-0.25, -0.2) is 0 Å². The maximum Gasteiger partial charge on any atom is 0.144 e. The van der Waals surface area contributed by atoms with Crippen molar-refractivity contribution in [2.45, 2.75) is 70.0 Å². The summed E-state index contributed by atoms with van der Waals surface area (Å²) in [4.78, 5) is 0. The van der Waals surface area contributed by atoms with Gasteiger partial charge in [-0.15, -0.1) is 0 Å². The molecule has 1 unspecified atom stereocenters. The Hall–Kier alpha value is -2.94. The molecule has 0 spiro atoms. The maximum atomic E-state index is 10.2. The molecule has 0 radical (unpaired) electrons. The van der Waals surface area contributed by atoms with Crippen LogP contribution in [0.3, 0.4) is 0 Å². The second-order valence-electron chi connectivity index (χ2n) is 9.34. The quantitative estimate of drug-likeness (QED) is 0.126. The molecule has 1 N–H and O–H groups in total. The van der Waals surface area contributed by atoms with Gasteiger partial charge in [0.2, 0.25) is 0 Å². The summed E-state index contributed by atoms with van der Waals surface area (Å²) in [7, 11) is 0. The van der Waals surface area contributed by atoms with Crippen molar-refractivity contribution >= 4 is 0 Å². The molecule has 190 valence electrons. The second kappa shape index (κ2) is 15.9. The highest BCUT2D eigenvalue weighted by atomic mass is 16.5. The van der Waals surface area contributed by atoms with Crippen LogP contribution in [0.2, 0.25) is 0 Å². The summed E-state index contributed by atoms with van der Waals surface area (Å²) in [6.45, 7) is 2.73. The zero-order chi connectivity index (χ0) is 25.3. The van der Waals surface area contributed by atoms with E-state index in [1.807, 2.05) is 24.3 Å². The molecule has 0 aliphatic carbocycles. The van der Waals surface area contributed by atoms with Crippen molar-refractivity contribution in [3.8, 4) is 0 Å². The maximum absolute atomic E-state index is 10.2. The molecule has 3 rings (SSSR count). The standard InChI is InChI=1S/C34H42O2/c1-2-3-4-5-6-18-27-33(35)28-19-7-8-20-29-36-34(30-21-12-9-13-22-30,31-23-14-10-15-24-31)32-25-16-11-17-26-32/h8-18,20-27,33,35H,2-7,19,28-29H2,1H3. The van der Waals surface area contributed by atoms with E-state index in [9.17, 15) is 5.11 Å². The third-order valence-corrected chi connectivity index (χ3v) is 6.56. The summed E-state index contributed by atoms with van der Waals surface area (Å²) in [6, 6.07) is 31.4. The van der Waals surface area contributed by atoms with Gasteiger partial charge in [-0.3, -0.25) is 0 Å². The highest BCUT2D eigenvalue weighted by Crippen LogP contribution is 2.40. The van der Waals surface area contributed by atoms with Crippen LogP contribution >= 0.6 is 0 Å². The average Bonchev–Trinajstić information content (AvgIpc) is 2.94. The van der Waals surface area contributed by atoms with Crippen molar-refractivity contribution in [2.75, 3.05) is 6.61 Å². The summed E-state index contributed by atoms with van der Waals surface area (Å²) < 4.78 is 6.76. The number of hydrogen-bond acceptors (Lipinski definition) is 2. The molecular formula is C34H42O2. The summed E-state index contributed by atoms with van der Waals surface area (Å²) in [5, 5.41) is 10.2. The van der Waals surface area contributed by atoms with E-state index in [4.69, 9.17) is 4.74 Å². The van der Waals surface area contributed by atoms with Crippen LogP contribution in [0.15, 0.2) is 115 Å². The van der Waals surface area contributed by atoms with E-state index >= 15 is 0 Å². The summed E-state index contributed by atoms with van der Waals surface area (Å²) >= 11 is 0. The van der Waals surface area contributed by atoms with Gasteiger partial charge in [-0.05, 0) is 48.8 Å². The number of rotatable bonds is 16. The summed E-state index contributed by atoms with van der Waals surface area (Å²) in [5.41, 5.74) is 2.65. The van der Waals surface area contributed by atoms with Gasteiger partial charge in [0.15, 0.2) is 0 Å². The van der Waals surface area contributed by atoms with E-state index in [1.165, 1.54) is 25.7 Å². The average molecular weight is 483 g/mol. The minimum Gasteiger partial charge on any atom is -0.389 e. The molecule has 0 fully saturated rings. The van der Waals surface area contributed by atoms with Crippen molar-refractivity contribution in [3.05, 3.63) is 132 Å². The predicted octanol–water partition coefficient (Wildman–Crippen LogP) is 8.61. The van der Waals surface area contributed by atoms with Crippen LogP contribution in [-0.2, 0) is 10.3 Å². The first-order valence-electron chi connectivity index (χ1n) is 13.6. The Labute approximate surface area is 218 Å². The fourth-order valence-corrected chi connectivity index (χ4v) is 4.61. The lowest BCUT2D eigenvalue weighted by Gasteiger charge is -2.35. The predicted molar refractivity (Wildman–Crippen MR) is 152 cm³/mol. The fourth-order valence-electron chi connectivity index (χ4n) is 4.61. The first-order valence-corrected chi connectivity index (χ1v) is 13.6. The summed E-state index contributed by atoms with van der Waals surface area (Å²) in [5.74, 6) is 0. The number of hydrogen-bond donors (Lipinski definition) is 1. The molecule has 1 atom stereocenters. The van der Waals surface area contributed by atoms with Crippen LogP contribution in [0.1, 0.15) is 75.0 Å².